The molecule has 2 amide bonds. The van der Waals surface area contributed by atoms with Crippen LogP contribution in [0.2, 0.25) is 0 Å². The van der Waals surface area contributed by atoms with Gasteiger partial charge in [0.25, 0.3) is 5.91 Å². The van der Waals surface area contributed by atoms with Gasteiger partial charge in [0.2, 0.25) is 5.91 Å². The minimum absolute atomic E-state index is 0.0459. The van der Waals surface area contributed by atoms with E-state index in [1.165, 1.54) is 35.5 Å². The molecule has 1 saturated carbocycles. The first-order valence-corrected chi connectivity index (χ1v) is 9.59. The number of thiophene rings is 1. The van der Waals surface area contributed by atoms with Gasteiger partial charge >= 0.3 is 0 Å². The summed E-state index contributed by atoms with van der Waals surface area (Å²) in [4.78, 5) is 31.9. The van der Waals surface area contributed by atoms with Crippen LogP contribution in [0, 0.1) is 0 Å². The summed E-state index contributed by atoms with van der Waals surface area (Å²) in [6, 6.07) is 3.28. The second kappa shape index (κ2) is 6.05. The lowest BCUT2D eigenvalue weighted by Crippen LogP contribution is -2.42. The highest BCUT2D eigenvalue weighted by Crippen LogP contribution is 2.41. The fraction of sp³-hybridized carbons (Fsp3) is 0.438. The summed E-state index contributed by atoms with van der Waals surface area (Å²) in [6.45, 7) is 0.639. The Bertz CT molecular complexity index is 722. The molecule has 5 nitrogen and oxygen atoms in total. The molecule has 7 heteroatoms. The summed E-state index contributed by atoms with van der Waals surface area (Å²) >= 11 is 2.88. The van der Waals surface area contributed by atoms with Crippen LogP contribution in [0.5, 0.6) is 0 Å². The Hall–Kier alpha value is -1.73. The normalized spacial score (nSPS) is 20.7. The zero-order valence-electron chi connectivity index (χ0n) is 12.5. The van der Waals surface area contributed by atoms with Gasteiger partial charge in [-0.3, -0.25) is 9.59 Å². The number of rotatable bonds is 4. The predicted molar refractivity (Wildman–Crippen MR) is 91.1 cm³/mol. The molecule has 2 aromatic rings. The summed E-state index contributed by atoms with van der Waals surface area (Å²) in [5.41, 5.74) is 1.09. The van der Waals surface area contributed by atoms with Crippen LogP contribution in [-0.4, -0.2) is 34.3 Å². The number of nitrogens with zero attached hydrogens (tertiary/aromatic N) is 2. The van der Waals surface area contributed by atoms with E-state index in [9.17, 15) is 9.59 Å². The van der Waals surface area contributed by atoms with Crippen LogP contribution in [0.25, 0.3) is 0 Å². The number of nitrogens with one attached hydrogen (secondary N) is 1. The summed E-state index contributed by atoms with van der Waals surface area (Å²) in [6.07, 6.45) is 3.97. The number of aromatic nitrogens is 1. The van der Waals surface area contributed by atoms with Crippen LogP contribution in [0.1, 0.15) is 47.0 Å². The van der Waals surface area contributed by atoms with Crippen molar-refractivity contribution in [2.75, 3.05) is 11.9 Å². The maximum Gasteiger partial charge on any atom is 0.264 e. The van der Waals surface area contributed by atoms with Crippen molar-refractivity contribution >= 4 is 39.6 Å². The van der Waals surface area contributed by atoms with Crippen molar-refractivity contribution in [3.8, 4) is 0 Å². The van der Waals surface area contributed by atoms with Gasteiger partial charge in [0.1, 0.15) is 6.04 Å². The molecular weight excluding hydrogens is 330 g/mol. The number of thiazole rings is 1. The number of carbonyl (C=O) groups is 2. The quantitative estimate of drug-likeness (QED) is 0.923. The van der Waals surface area contributed by atoms with Gasteiger partial charge in [0, 0.05) is 17.8 Å². The second-order valence-corrected chi connectivity index (χ2v) is 7.78. The average Bonchev–Trinajstić information content (AvgIpc) is 3.03. The average molecular weight is 347 g/mol. The van der Waals surface area contributed by atoms with Crippen molar-refractivity contribution in [3.05, 3.63) is 33.5 Å². The van der Waals surface area contributed by atoms with E-state index >= 15 is 0 Å². The van der Waals surface area contributed by atoms with E-state index in [2.05, 4.69) is 10.3 Å². The summed E-state index contributed by atoms with van der Waals surface area (Å²) in [5.74, 6) is 0.417. The Morgan fingerprint density at radius 3 is 2.87 bits per heavy atom. The van der Waals surface area contributed by atoms with E-state index in [1.807, 2.05) is 22.9 Å². The Morgan fingerprint density at radius 1 is 1.26 bits per heavy atom. The number of carbonyl (C=O) groups excluding carboxylic acids is 2. The molecule has 2 aliphatic rings. The van der Waals surface area contributed by atoms with Crippen LogP contribution < -0.4 is 5.32 Å². The fourth-order valence-corrected chi connectivity index (χ4v) is 4.40. The van der Waals surface area contributed by atoms with Crippen LogP contribution >= 0.6 is 22.7 Å². The molecule has 23 heavy (non-hydrogen) atoms. The molecule has 4 rings (SSSR count). The first kappa shape index (κ1) is 14.8. The van der Waals surface area contributed by atoms with Crippen molar-refractivity contribution in [2.24, 2.45) is 0 Å². The minimum atomic E-state index is -0.391. The third kappa shape index (κ3) is 3.03. The van der Waals surface area contributed by atoms with Crippen LogP contribution in [0.3, 0.4) is 0 Å². The lowest BCUT2D eigenvalue weighted by atomic mass is 10.2. The largest absolute Gasteiger partial charge is 0.326 e. The van der Waals surface area contributed by atoms with Crippen LogP contribution in [-0.2, 0) is 4.79 Å². The van der Waals surface area contributed by atoms with Crippen LogP contribution in [0.4, 0.5) is 5.13 Å². The van der Waals surface area contributed by atoms with E-state index in [1.54, 1.807) is 4.90 Å². The van der Waals surface area contributed by atoms with Crippen molar-refractivity contribution < 1.29 is 9.59 Å². The predicted octanol–water partition coefficient (Wildman–Crippen LogP) is 3.33. The zero-order valence-corrected chi connectivity index (χ0v) is 14.2. The lowest BCUT2D eigenvalue weighted by molar-refractivity contribution is -0.119. The van der Waals surface area contributed by atoms with Gasteiger partial charge in [-0.25, -0.2) is 4.98 Å². The van der Waals surface area contributed by atoms with Crippen molar-refractivity contribution in [2.45, 2.75) is 37.6 Å². The molecule has 0 spiro atoms. The molecule has 1 aliphatic carbocycles. The topological polar surface area (TPSA) is 62.3 Å². The molecule has 2 fully saturated rings. The molecular formula is C16H17N3O2S2. The smallest absolute Gasteiger partial charge is 0.264 e. The summed E-state index contributed by atoms with van der Waals surface area (Å²) in [7, 11) is 0. The van der Waals surface area contributed by atoms with Gasteiger partial charge in [-0.05, 0) is 37.1 Å². The van der Waals surface area contributed by atoms with E-state index in [4.69, 9.17) is 0 Å². The Balaban J connectivity index is 1.44. The number of hydrogen-bond acceptors (Lipinski definition) is 5. The Morgan fingerprint density at radius 2 is 2.13 bits per heavy atom. The molecule has 0 aromatic carbocycles. The molecule has 1 aliphatic heterocycles. The first-order valence-electron chi connectivity index (χ1n) is 7.83. The van der Waals surface area contributed by atoms with E-state index < -0.39 is 6.04 Å². The van der Waals surface area contributed by atoms with Gasteiger partial charge in [-0.15, -0.1) is 22.7 Å². The minimum Gasteiger partial charge on any atom is -0.326 e. The van der Waals surface area contributed by atoms with Gasteiger partial charge in [-0.2, -0.15) is 0 Å². The monoisotopic (exact) mass is 347 g/mol. The SMILES string of the molecule is O=C(Nc1nc(C2CC2)cs1)[C@@H]1CCCN1C(=O)c1cccs1. The van der Waals surface area contributed by atoms with Crippen LogP contribution in [0.15, 0.2) is 22.9 Å². The zero-order chi connectivity index (χ0) is 15.8. The molecule has 3 heterocycles. The highest BCUT2D eigenvalue weighted by atomic mass is 32.1. The molecule has 2 aromatic heterocycles. The maximum absolute atomic E-state index is 12.6. The molecule has 120 valence electrons. The van der Waals surface area contributed by atoms with E-state index in [-0.39, 0.29) is 11.8 Å². The summed E-state index contributed by atoms with van der Waals surface area (Å²) < 4.78 is 0. The first-order chi connectivity index (χ1) is 11.2. The van der Waals surface area contributed by atoms with Crippen molar-refractivity contribution in [1.82, 2.24) is 9.88 Å². The highest BCUT2D eigenvalue weighted by Gasteiger charge is 2.35. The third-order valence-corrected chi connectivity index (χ3v) is 5.93. The lowest BCUT2D eigenvalue weighted by Gasteiger charge is -2.22. The molecule has 0 bridgehead atoms. The van der Waals surface area contributed by atoms with Gasteiger partial charge in [0.05, 0.1) is 10.6 Å². The Kier molecular flexibility index (Phi) is 3.90. The Labute approximate surface area is 142 Å². The number of hydrogen-bond donors (Lipinski definition) is 1. The standard InChI is InChI=1S/C16H17N3O2S2/c20-14(18-16-17-11(9-23-16)10-5-6-10)12-3-1-7-19(12)15(21)13-4-2-8-22-13/h2,4,8-10,12H,1,3,5-7H2,(H,17,18,20)/t12-/m0/s1. The molecule has 1 N–H and O–H groups in total. The van der Waals surface area contributed by atoms with Gasteiger partial charge in [-0.1, -0.05) is 6.07 Å². The van der Waals surface area contributed by atoms with E-state index in [0.717, 1.165) is 12.1 Å². The maximum atomic E-state index is 12.6. The number of amides is 2. The summed E-state index contributed by atoms with van der Waals surface area (Å²) in [5, 5.41) is 7.45. The van der Waals surface area contributed by atoms with Crippen molar-refractivity contribution in [1.29, 1.82) is 0 Å². The molecule has 0 radical (unpaired) electrons. The highest BCUT2D eigenvalue weighted by molar-refractivity contribution is 7.14. The second-order valence-electron chi connectivity index (χ2n) is 5.97. The third-order valence-electron chi connectivity index (χ3n) is 4.30. The number of likely N-dealkylation sites (tertiary alicyclic amines) is 1. The molecule has 1 saturated heterocycles. The van der Waals surface area contributed by atoms with E-state index in [0.29, 0.717) is 28.9 Å². The molecule has 1 atom stereocenters. The van der Waals surface area contributed by atoms with Gasteiger partial charge < -0.3 is 10.2 Å². The van der Waals surface area contributed by atoms with Crippen molar-refractivity contribution in [3.63, 3.8) is 0 Å². The fourth-order valence-electron chi connectivity index (χ4n) is 2.92. The number of anilines is 1. The van der Waals surface area contributed by atoms with Gasteiger partial charge in [0.15, 0.2) is 5.13 Å². The molecule has 0 unspecified atom stereocenters.